The van der Waals surface area contributed by atoms with Crippen LogP contribution < -0.4 is 4.90 Å². The van der Waals surface area contributed by atoms with Gasteiger partial charge in [0, 0.05) is 29.7 Å². The van der Waals surface area contributed by atoms with Crippen molar-refractivity contribution in [2.24, 2.45) is 0 Å². The number of aryl methyl sites for hydroxylation is 1. The first kappa shape index (κ1) is 14.3. The van der Waals surface area contributed by atoms with Crippen LogP contribution in [0.2, 0.25) is 0 Å². The van der Waals surface area contributed by atoms with Crippen LogP contribution >= 0.6 is 0 Å². The number of piperidine rings is 1. The maximum Gasteiger partial charge on any atom is 0.0738 e. The highest BCUT2D eigenvalue weighted by atomic mass is 15.1. The van der Waals surface area contributed by atoms with Crippen molar-refractivity contribution in [1.82, 2.24) is 4.98 Å². The van der Waals surface area contributed by atoms with E-state index in [1.54, 1.807) is 0 Å². The van der Waals surface area contributed by atoms with E-state index in [4.69, 9.17) is 4.98 Å². The summed E-state index contributed by atoms with van der Waals surface area (Å²) in [4.78, 5) is 7.37. The Balaban J connectivity index is 1.68. The van der Waals surface area contributed by atoms with E-state index in [2.05, 4.69) is 60.4 Å². The van der Waals surface area contributed by atoms with Crippen LogP contribution in [-0.4, -0.2) is 18.1 Å². The molecule has 1 fully saturated rings. The van der Waals surface area contributed by atoms with Gasteiger partial charge >= 0.3 is 0 Å². The molecule has 0 saturated carbocycles. The average Bonchev–Trinajstić information content (AvgIpc) is 2.62. The summed E-state index contributed by atoms with van der Waals surface area (Å²) >= 11 is 0. The summed E-state index contributed by atoms with van der Waals surface area (Å²) in [5.41, 5.74) is 5.93. The topological polar surface area (TPSA) is 16.1 Å². The molecule has 2 aromatic carbocycles. The molecule has 0 radical (unpaired) electrons. The SMILES string of the molecule is Cc1cc2ccccc2nc1-c1ccc(N2CCCCC2)cc1. The van der Waals surface area contributed by atoms with Gasteiger partial charge in [0.15, 0.2) is 0 Å². The van der Waals surface area contributed by atoms with E-state index in [-0.39, 0.29) is 0 Å². The van der Waals surface area contributed by atoms with Crippen LogP contribution in [0.5, 0.6) is 0 Å². The second kappa shape index (κ2) is 6.04. The second-order valence-corrected chi connectivity index (χ2v) is 6.44. The zero-order valence-corrected chi connectivity index (χ0v) is 13.6. The van der Waals surface area contributed by atoms with Crippen molar-refractivity contribution in [3.8, 4) is 11.3 Å². The highest BCUT2D eigenvalue weighted by Gasteiger charge is 2.11. The molecule has 1 aromatic heterocycles. The summed E-state index contributed by atoms with van der Waals surface area (Å²) in [5.74, 6) is 0. The Hall–Kier alpha value is -2.35. The molecule has 1 aliphatic heterocycles. The minimum Gasteiger partial charge on any atom is -0.372 e. The van der Waals surface area contributed by atoms with E-state index < -0.39 is 0 Å². The molecule has 0 N–H and O–H groups in total. The van der Waals surface area contributed by atoms with Crippen LogP contribution in [0.3, 0.4) is 0 Å². The van der Waals surface area contributed by atoms with Gasteiger partial charge < -0.3 is 4.90 Å². The van der Waals surface area contributed by atoms with E-state index in [1.165, 1.54) is 54.6 Å². The molecule has 2 heteroatoms. The molecule has 0 aliphatic carbocycles. The molecule has 116 valence electrons. The Bertz CT molecular complexity index is 815. The van der Waals surface area contributed by atoms with Gasteiger partial charge in [0.1, 0.15) is 0 Å². The quantitative estimate of drug-likeness (QED) is 0.646. The van der Waals surface area contributed by atoms with Crippen LogP contribution in [-0.2, 0) is 0 Å². The van der Waals surface area contributed by atoms with E-state index in [0.717, 1.165) is 11.2 Å². The number of anilines is 1. The molecule has 3 aromatic rings. The number of hydrogen-bond donors (Lipinski definition) is 0. The van der Waals surface area contributed by atoms with E-state index in [1.807, 2.05) is 6.07 Å². The first-order valence-corrected chi connectivity index (χ1v) is 8.53. The minimum absolute atomic E-state index is 1.06. The predicted octanol–water partition coefficient (Wildman–Crippen LogP) is 5.20. The van der Waals surface area contributed by atoms with Crippen molar-refractivity contribution >= 4 is 16.6 Å². The van der Waals surface area contributed by atoms with Crippen LogP contribution in [0.15, 0.2) is 54.6 Å². The first-order valence-electron chi connectivity index (χ1n) is 8.53. The fourth-order valence-electron chi connectivity index (χ4n) is 3.50. The van der Waals surface area contributed by atoms with E-state index in [9.17, 15) is 0 Å². The van der Waals surface area contributed by atoms with Gasteiger partial charge in [-0.15, -0.1) is 0 Å². The lowest BCUT2D eigenvalue weighted by Crippen LogP contribution is -2.29. The van der Waals surface area contributed by atoms with Gasteiger partial charge in [-0.25, -0.2) is 4.98 Å². The van der Waals surface area contributed by atoms with Gasteiger partial charge in [0.2, 0.25) is 0 Å². The summed E-state index contributed by atoms with van der Waals surface area (Å²) in [7, 11) is 0. The zero-order chi connectivity index (χ0) is 15.6. The summed E-state index contributed by atoms with van der Waals surface area (Å²) in [6.45, 7) is 4.52. The normalized spacial score (nSPS) is 15.1. The highest BCUT2D eigenvalue weighted by molar-refractivity contribution is 5.83. The monoisotopic (exact) mass is 302 g/mol. The maximum absolute atomic E-state index is 4.87. The molecule has 0 bridgehead atoms. The van der Waals surface area contributed by atoms with Crippen molar-refractivity contribution in [2.75, 3.05) is 18.0 Å². The van der Waals surface area contributed by atoms with Gasteiger partial charge in [0.25, 0.3) is 0 Å². The Morgan fingerprint density at radius 2 is 1.61 bits per heavy atom. The Morgan fingerprint density at radius 3 is 2.39 bits per heavy atom. The molecule has 2 heterocycles. The third kappa shape index (κ3) is 2.81. The molecule has 0 spiro atoms. The third-order valence-electron chi connectivity index (χ3n) is 4.78. The number of aromatic nitrogens is 1. The molecule has 23 heavy (non-hydrogen) atoms. The number of pyridine rings is 1. The van der Waals surface area contributed by atoms with Gasteiger partial charge in [-0.05, 0) is 56.0 Å². The number of fused-ring (bicyclic) bond motifs is 1. The number of nitrogens with zero attached hydrogens (tertiary/aromatic N) is 2. The van der Waals surface area contributed by atoms with Crippen LogP contribution in [0, 0.1) is 6.92 Å². The van der Waals surface area contributed by atoms with Crippen molar-refractivity contribution in [2.45, 2.75) is 26.2 Å². The van der Waals surface area contributed by atoms with Gasteiger partial charge in [-0.3, -0.25) is 0 Å². The van der Waals surface area contributed by atoms with Gasteiger partial charge in [0.05, 0.1) is 11.2 Å². The van der Waals surface area contributed by atoms with Crippen LogP contribution in [0.4, 0.5) is 5.69 Å². The number of benzene rings is 2. The maximum atomic E-state index is 4.87. The molecule has 4 rings (SSSR count). The lowest BCUT2D eigenvalue weighted by Gasteiger charge is -2.28. The summed E-state index contributed by atoms with van der Waals surface area (Å²) < 4.78 is 0. The largest absolute Gasteiger partial charge is 0.372 e. The molecular weight excluding hydrogens is 280 g/mol. The molecular formula is C21H22N2. The minimum atomic E-state index is 1.06. The Kier molecular flexibility index (Phi) is 3.74. The van der Waals surface area contributed by atoms with Crippen LogP contribution in [0.25, 0.3) is 22.2 Å². The van der Waals surface area contributed by atoms with Gasteiger partial charge in [-0.1, -0.05) is 30.3 Å². The highest BCUT2D eigenvalue weighted by Crippen LogP contribution is 2.28. The van der Waals surface area contributed by atoms with Crippen molar-refractivity contribution < 1.29 is 0 Å². The van der Waals surface area contributed by atoms with Crippen molar-refractivity contribution in [3.05, 3.63) is 60.2 Å². The summed E-state index contributed by atoms with van der Waals surface area (Å²) in [5, 5.41) is 1.21. The molecule has 1 saturated heterocycles. The lowest BCUT2D eigenvalue weighted by molar-refractivity contribution is 0.578. The predicted molar refractivity (Wildman–Crippen MR) is 98.0 cm³/mol. The van der Waals surface area contributed by atoms with Gasteiger partial charge in [-0.2, -0.15) is 0 Å². The Labute approximate surface area is 137 Å². The van der Waals surface area contributed by atoms with E-state index >= 15 is 0 Å². The Morgan fingerprint density at radius 1 is 0.870 bits per heavy atom. The van der Waals surface area contributed by atoms with Crippen molar-refractivity contribution in [3.63, 3.8) is 0 Å². The molecule has 0 unspecified atom stereocenters. The average molecular weight is 302 g/mol. The fraction of sp³-hybridized carbons (Fsp3) is 0.286. The summed E-state index contributed by atoms with van der Waals surface area (Å²) in [6, 6.07) is 19.5. The smallest absolute Gasteiger partial charge is 0.0738 e. The number of hydrogen-bond acceptors (Lipinski definition) is 2. The molecule has 0 atom stereocenters. The lowest BCUT2D eigenvalue weighted by atomic mass is 10.0. The molecule has 1 aliphatic rings. The fourth-order valence-corrected chi connectivity index (χ4v) is 3.50. The number of para-hydroxylation sites is 1. The first-order chi connectivity index (χ1) is 11.3. The standard InChI is InChI=1S/C21H22N2/c1-16-15-18-7-3-4-8-20(18)22-21(16)17-9-11-19(12-10-17)23-13-5-2-6-14-23/h3-4,7-12,15H,2,5-6,13-14H2,1H3. The molecule has 2 nitrogen and oxygen atoms in total. The zero-order valence-electron chi connectivity index (χ0n) is 13.6. The van der Waals surface area contributed by atoms with Crippen molar-refractivity contribution in [1.29, 1.82) is 0 Å². The third-order valence-corrected chi connectivity index (χ3v) is 4.78. The second-order valence-electron chi connectivity index (χ2n) is 6.44. The van der Waals surface area contributed by atoms with E-state index in [0.29, 0.717) is 0 Å². The summed E-state index contributed by atoms with van der Waals surface area (Å²) in [6.07, 6.45) is 4.00. The molecule has 0 amide bonds. The number of rotatable bonds is 2. The van der Waals surface area contributed by atoms with Crippen LogP contribution in [0.1, 0.15) is 24.8 Å².